The predicted molar refractivity (Wildman–Crippen MR) is 96.3 cm³/mol. The molecule has 0 aliphatic carbocycles. The molecule has 0 saturated carbocycles. The number of rotatable bonds is 2. The van der Waals surface area contributed by atoms with Gasteiger partial charge in [0, 0.05) is 16.6 Å². The standard InChI is InChI=1S/C19H23N3O/c1-5-7-13-14(10-20)19-21-16-15(23)9-8-12(4)18(16)22(19)17(13)11(3)6-2/h7-10,23H,5-6,20H2,1-4H3/b13-7+,14-10+,17-11?. The van der Waals surface area contributed by atoms with Crippen LogP contribution in [-0.2, 0) is 0 Å². The zero-order chi connectivity index (χ0) is 16.7. The molecule has 0 aliphatic rings. The summed E-state index contributed by atoms with van der Waals surface area (Å²) in [5, 5.41) is 13.4. The highest BCUT2D eigenvalue weighted by atomic mass is 16.3. The molecule has 0 unspecified atom stereocenters. The Morgan fingerprint density at radius 2 is 2.04 bits per heavy atom. The Labute approximate surface area is 135 Å². The molecule has 3 aromatic rings. The van der Waals surface area contributed by atoms with Crippen LogP contribution < -0.4 is 21.5 Å². The van der Waals surface area contributed by atoms with E-state index < -0.39 is 0 Å². The van der Waals surface area contributed by atoms with Crippen molar-refractivity contribution in [3.8, 4) is 5.75 Å². The number of imidazole rings is 1. The van der Waals surface area contributed by atoms with Gasteiger partial charge in [0.1, 0.15) is 16.9 Å². The number of nitrogens with zero attached hydrogens (tertiary/aromatic N) is 2. The first kappa shape index (κ1) is 15.4. The van der Waals surface area contributed by atoms with Crippen LogP contribution in [-0.4, -0.2) is 14.5 Å². The average molecular weight is 309 g/mol. The number of benzene rings is 1. The fourth-order valence-corrected chi connectivity index (χ4v) is 3.25. The van der Waals surface area contributed by atoms with Crippen LogP contribution in [0.5, 0.6) is 5.75 Å². The molecule has 4 heteroatoms. The number of aromatic nitrogens is 2. The second-order valence-electron chi connectivity index (χ2n) is 5.96. The van der Waals surface area contributed by atoms with E-state index in [0.29, 0.717) is 5.52 Å². The molecule has 2 aromatic heterocycles. The SMILES string of the molecule is CC/C=c1/c(=C(C)CC)n2c(nc3c(O)ccc(C)c32)/c1=C/N. The average Bonchev–Trinajstić information content (AvgIpc) is 3.05. The molecule has 0 atom stereocenters. The Balaban J connectivity index is 2.81. The molecule has 4 nitrogen and oxygen atoms in total. The molecule has 3 rings (SSSR count). The number of fused-ring (bicyclic) bond motifs is 3. The molecular weight excluding hydrogens is 286 g/mol. The maximum atomic E-state index is 10.2. The Bertz CT molecular complexity index is 1070. The van der Waals surface area contributed by atoms with E-state index in [4.69, 9.17) is 10.7 Å². The molecule has 120 valence electrons. The van der Waals surface area contributed by atoms with Crippen molar-refractivity contribution in [3.05, 3.63) is 33.5 Å². The molecule has 23 heavy (non-hydrogen) atoms. The number of hydrogen-bond donors (Lipinski definition) is 2. The van der Waals surface area contributed by atoms with Gasteiger partial charge in [0.15, 0.2) is 0 Å². The molecule has 3 N–H and O–H groups in total. The zero-order valence-electron chi connectivity index (χ0n) is 14.1. The van der Waals surface area contributed by atoms with E-state index in [0.717, 1.165) is 45.4 Å². The van der Waals surface area contributed by atoms with E-state index in [9.17, 15) is 5.11 Å². The summed E-state index contributed by atoms with van der Waals surface area (Å²) in [6.07, 6.45) is 5.71. The largest absolute Gasteiger partial charge is 0.506 e. The first-order chi connectivity index (χ1) is 11.0. The van der Waals surface area contributed by atoms with Crippen molar-refractivity contribution in [2.75, 3.05) is 0 Å². The van der Waals surface area contributed by atoms with Crippen molar-refractivity contribution in [1.29, 1.82) is 0 Å². The fraction of sp³-hybridized carbons (Fsp3) is 0.316. The summed E-state index contributed by atoms with van der Waals surface area (Å²) >= 11 is 0. The second-order valence-corrected chi connectivity index (χ2v) is 5.96. The lowest BCUT2D eigenvalue weighted by Gasteiger charge is -2.01. The summed E-state index contributed by atoms with van der Waals surface area (Å²) in [4.78, 5) is 4.69. The van der Waals surface area contributed by atoms with Crippen molar-refractivity contribution in [2.24, 2.45) is 5.73 Å². The Morgan fingerprint density at radius 3 is 2.65 bits per heavy atom. The Morgan fingerprint density at radius 1 is 1.30 bits per heavy atom. The molecule has 1 aromatic carbocycles. The van der Waals surface area contributed by atoms with Crippen LogP contribution in [0.15, 0.2) is 12.1 Å². The topological polar surface area (TPSA) is 63.5 Å². The number of hydrogen-bond acceptors (Lipinski definition) is 3. The molecule has 0 amide bonds. The molecule has 0 aliphatic heterocycles. The lowest BCUT2D eigenvalue weighted by atomic mass is 10.1. The quantitative estimate of drug-likeness (QED) is 0.757. The van der Waals surface area contributed by atoms with Crippen LogP contribution in [0.2, 0.25) is 0 Å². The lowest BCUT2D eigenvalue weighted by molar-refractivity contribution is 0.480. The third-order valence-corrected chi connectivity index (χ3v) is 4.50. The maximum Gasteiger partial charge on any atom is 0.148 e. The van der Waals surface area contributed by atoms with Gasteiger partial charge in [-0.15, -0.1) is 0 Å². The summed E-state index contributed by atoms with van der Waals surface area (Å²) in [5.41, 5.74) is 10.7. The van der Waals surface area contributed by atoms with Crippen LogP contribution in [0.1, 0.15) is 39.2 Å². The van der Waals surface area contributed by atoms with E-state index >= 15 is 0 Å². The van der Waals surface area contributed by atoms with Gasteiger partial charge in [0.2, 0.25) is 0 Å². The van der Waals surface area contributed by atoms with Gasteiger partial charge in [-0.05, 0) is 43.9 Å². The van der Waals surface area contributed by atoms with Crippen molar-refractivity contribution in [2.45, 2.75) is 40.5 Å². The van der Waals surface area contributed by atoms with Crippen LogP contribution >= 0.6 is 0 Å². The normalized spacial score (nSPS) is 15.1. The highest BCUT2D eigenvalue weighted by Gasteiger charge is 2.16. The van der Waals surface area contributed by atoms with Gasteiger partial charge in [0.25, 0.3) is 0 Å². The highest BCUT2D eigenvalue weighted by Crippen LogP contribution is 2.26. The van der Waals surface area contributed by atoms with E-state index in [1.54, 1.807) is 12.3 Å². The summed E-state index contributed by atoms with van der Waals surface area (Å²) in [6.45, 7) is 8.46. The van der Waals surface area contributed by atoms with Crippen LogP contribution in [0.3, 0.4) is 0 Å². The highest BCUT2D eigenvalue weighted by molar-refractivity contribution is 5.89. The predicted octanol–water partition coefficient (Wildman–Crippen LogP) is 1.69. The van der Waals surface area contributed by atoms with Gasteiger partial charge < -0.3 is 10.8 Å². The van der Waals surface area contributed by atoms with Crippen LogP contribution in [0.4, 0.5) is 0 Å². The van der Waals surface area contributed by atoms with Crippen molar-refractivity contribution >= 4 is 34.5 Å². The first-order valence-corrected chi connectivity index (χ1v) is 8.09. The third-order valence-electron chi connectivity index (χ3n) is 4.50. The number of nitrogens with two attached hydrogens (primary N) is 1. The van der Waals surface area contributed by atoms with Gasteiger partial charge in [-0.2, -0.15) is 0 Å². The molecule has 0 radical (unpaired) electrons. The van der Waals surface area contributed by atoms with Gasteiger partial charge in [-0.1, -0.05) is 26.0 Å². The molecule has 0 fully saturated rings. The van der Waals surface area contributed by atoms with Crippen molar-refractivity contribution in [3.63, 3.8) is 0 Å². The van der Waals surface area contributed by atoms with Gasteiger partial charge in [-0.25, -0.2) is 4.98 Å². The number of aromatic hydroxyl groups is 1. The zero-order valence-corrected chi connectivity index (χ0v) is 14.1. The van der Waals surface area contributed by atoms with E-state index in [2.05, 4.69) is 31.2 Å². The van der Waals surface area contributed by atoms with Crippen LogP contribution in [0, 0.1) is 6.92 Å². The number of phenols is 1. The van der Waals surface area contributed by atoms with Gasteiger partial charge in [-0.3, -0.25) is 4.40 Å². The molecule has 2 heterocycles. The maximum absolute atomic E-state index is 10.2. The van der Waals surface area contributed by atoms with E-state index in [-0.39, 0.29) is 5.75 Å². The first-order valence-electron chi connectivity index (χ1n) is 8.09. The summed E-state index contributed by atoms with van der Waals surface area (Å²) in [7, 11) is 0. The summed E-state index contributed by atoms with van der Waals surface area (Å²) < 4.78 is 2.16. The molecule has 0 saturated heterocycles. The molecule has 0 bridgehead atoms. The minimum absolute atomic E-state index is 0.207. The van der Waals surface area contributed by atoms with E-state index in [1.807, 2.05) is 13.0 Å². The minimum Gasteiger partial charge on any atom is -0.506 e. The van der Waals surface area contributed by atoms with Crippen molar-refractivity contribution < 1.29 is 5.11 Å². The molecule has 0 spiro atoms. The molecular formula is C19H23N3O. The Hall–Kier alpha value is -2.49. The lowest BCUT2D eigenvalue weighted by Crippen LogP contribution is -2.36. The van der Waals surface area contributed by atoms with Gasteiger partial charge >= 0.3 is 0 Å². The van der Waals surface area contributed by atoms with Crippen LogP contribution in [0.25, 0.3) is 34.5 Å². The summed E-state index contributed by atoms with van der Waals surface area (Å²) in [5.74, 6) is 0.207. The third kappa shape index (κ3) is 2.09. The van der Waals surface area contributed by atoms with Crippen molar-refractivity contribution in [1.82, 2.24) is 9.38 Å². The van der Waals surface area contributed by atoms with E-state index in [1.165, 1.54) is 5.57 Å². The summed E-state index contributed by atoms with van der Waals surface area (Å²) in [6, 6.07) is 3.63. The monoisotopic (exact) mass is 309 g/mol. The smallest absolute Gasteiger partial charge is 0.148 e. The number of aryl methyl sites for hydroxylation is 1. The minimum atomic E-state index is 0.207. The second kappa shape index (κ2) is 5.61. The Kier molecular flexibility index (Phi) is 3.76. The number of phenolic OH excluding ortho intramolecular Hbond substituents is 1. The van der Waals surface area contributed by atoms with Gasteiger partial charge in [0.05, 0.1) is 10.9 Å². The fourth-order valence-electron chi connectivity index (χ4n) is 3.25.